The second-order valence-corrected chi connectivity index (χ2v) is 7.72. The molecule has 0 saturated heterocycles. The summed E-state index contributed by atoms with van der Waals surface area (Å²) in [5.74, 6) is 4.16. The lowest BCUT2D eigenvalue weighted by molar-refractivity contribution is 0.173. The summed E-state index contributed by atoms with van der Waals surface area (Å²) in [7, 11) is 0. The molecule has 150 valence electrons. The van der Waals surface area contributed by atoms with Crippen molar-refractivity contribution in [2.45, 2.75) is 12.8 Å². The normalized spacial score (nSPS) is 13.7. The van der Waals surface area contributed by atoms with E-state index in [9.17, 15) is 0 Å². The molecule has 0 spiro atoms. The summed E-state index contributed by atoms with van der Waals surface area (Å²) in [6.07, 6.45) is 1.04. The summed E-state index contributed by atoms with van der Waals surface area (Å²) < 4.78 is 27.0. The molecule has 0 radical (unpaired) electrons. The molecule has 2 aromatic carbocycles. The zero-order valence-corrected chi connectivity index (χ0v) is 16.5. The Labute approximate surface area is 175 Å². The Morgan fingerprint density at radius 3 is 2.43 bits per heavy atom. The lowest BCUT2D eigenvalue weighted by atomic mass is 10.1. The van der Waals surface area contributed by atoms with Crippen LogP contribution in [0.4, 0.5) is 0 Å². The van der Waals surface area contributed by atoms with Gasteiger partial charge in [-0.3, -0.25) is 0 Å². The van der Waals surface area contributed by atoms with Crippen LogP contribution in [0, 0.1) is 0 Å². The van der Waals surface area contributed by atoms with Gasteiger partial charge in [-0.25, -0.2) is 4.98 Å². The minimum atomic E-state index is 0.257. The van der Waals surface area contributed by atoms with E-state index in [1.54, 1.807) is 11.3 Å². The number of rotatable bonds is 5. The monoisotopic (exact) mass is 421 g/mol. The summed E-state index contributed by atoms with van der Waals surface area (Å²) in [5.41, 5.74) is 2.90. The Hall–Kier alpha value is -3.59. The highest BCUT2D eigenvalue weighted by Gasteiger charge is 2.17. The maximum absolute atomic E-state index is 5.45. The largest absolute Gasteiger partial charge is 0.454 e. The van der Waals surface area contributed by atoms with Gasteiger partial charge in [-0.05, 0) is 35.9 Å². The SMILES string of the molecule is c1cc2c(cc1Cc1noc(Cc3csc(-c4ccc5c(c4)OCO5)n3)n1)OCO2. The van der Waals surface area contributed by atoms with E-state index in [-0.39, 0.29) is 13.6 Å². The molecule has 8 nitrogen and oxygen atoms in total. The van der Waals surface area contributed by atoms with Crippen LogP contribution in [0.15, 0.2) is 46.3 Å². The predicted molar refractivity (Wildman–Crippen MR) is 106 cm³/mol. The Morgan fingerprint density at radius 2 is 1.57 bits per heavy atom. The molecular formula is C21H15N3O5S. The fourth-order valence-corrected chi connectivity index (χ4v) is 4.19. The lowest BCUT2D eigenvalue weighted by Gasteiger charge is -1.99. The Balaban J connectivity index is 1.15. The lowest BCUT2D eigenvalue weighted by Crippen LogP contribution is -1.93. The van der Waals surface area contributed by atoms with E-state index < -0.39 is 0 Å². The Morgan fingerprint density at radius 1 is 0.800 bits per heavy atom. The van der Waals surface area contributed by atoms with E-state index in [4.69, 9.17) is 28.5 Å². The van der Waals surface area contributed by atoms with Gasteiger partial charge in [-0.2, -0.15) is 4.98 Å². The number of aromatic nitrogens is 3. The van der Waals surface area contributed by atoms with E-state index in [0.717, 1.165) is 44.8 Å². The standard InChI is InChI=1S/C21H15N3O5S/c1-3-15-17(27-10-25-15)5-12(1)6-19-23-20(29-24-19)8-14-9-30-21(22-14)13-2-4-16-18(7-13)28-11-26-16/h1-5,7,9H,6,8,10-11H2. The third-order valence-electron chi connectivity index (χ3n) is 4.81. The van der Waals surface area contributed by atoms with E-state index in [1.807, 2.05) is 41.8 Å². The number of benzene rings is 2. The van der Waals surface area contributed by atoms with Crippen LogP contribution in [0.25, 0.3) is 10.6 Å². The number of ether oxygens (including phenoxy) is 4. The second-order valence-electron chi connectivity index (χ2n) is 6.86. The zero-order valence-electron chi connectivity index (χ0n) is 15.7. The van der Waals surface area contributed by atoms with Gasteiger partial charge in [0.2, 0.25) is 19.5 Å². The molecule has 2 aliphatic rings. The highest BCUT2D eigenvalue weighted by molar-refractivity contribution is 7.13. The smallest absolute Gasteiger partial charge is 0.232 e. The summed E-state index contributed by atoms with van der Waals surface area (Å²) in [5, 5.41) is 7.00. The van der Waals surface area contributed by atoms with Crippen LogP contribution in [0.1, 0.15) is 23.0 Å². The Kier molecular flexibility index (Phi) is 4.05. The van der Waals surface area contributed by atoms with Crippen molar-refractivity contribution in [1.82, 2.24) is 15.1 Å². The molecule has 2 aromatic heterocycles. The van der Waals surface area contributed by atoms with E-state index in [1.165, 1.54) is 0 Å². The van der Waals surface area contributed by atoms with Gasteiger partial charge in [0.15, 0.2) is 28.8 Å². The highest BCUT2D eigenvalue weighted by Crippen LogP contribution is 2.37. The number of fused-ring (bicyclic) bond motifs is 2. The van der Waals surface area contributed by atoms with Crippen molar-refractivity contribution in [3.63, 3.8) is 0 Å². The molecular weight excluding hydrogens is 406 g/mol. The molecule has 0 unspecified atom stereocenters. The van der Waals surface area contributed by atoms with Gasteiger partial charge in [0.25, 0.3) is 0 Å². The van der Waals surface area contributed by atoms with Crippen LogP contribution >= 0.6 is 11.3 Å². The first-order chi connectivity index (χ1) is 14.8. The van der Waals surface area contributed by atoms with Gasteiger partial charge in [-0.1, -0.05) is 11.2 Å². The van der Waals surface area contributed by atoms with Gasteiger partial charge in [0.05, 0.1) is 12.1 Å². The van der Waals surface area contributed by atoms with Crippen LogP contribution in [0.3, 0.4) is 0 Å². The minimum Gasteiger partial charge on any atom is -0.454 e. The van der Waals surface area contributed by atoms with Crippen molar-refractivity contribution in [3.8, 4) is 33.6 Å². The number of hydrogen-bond donors (Lipinski definition) is 0. The van der Waals surface area contributed by atoms with Crippen molar-refractivity contribution in [3.05, 3.63) is 64.8 Å². The van der Waals surface area contributed by atoms with Crippen molar-refractivity contribution >= 4 is 11.3 Å². The van der Waals surface area contributed by atoms with Crippen LogP contribution < -0.4 is 18.9 Å². The fraction of sp³-hybridized carbons (Fsp3) is 0.190. The summed E-state index contributed by atoms with van der Waals surface area (Å²) in [4.78, 5) is 9.20. The quantitative estimate of drug-likeness (QED) is 0.480. The van der Waals surface area contributed by atoms with E-state index >= 15 is 0 Å². The van der Waals surface area contributed by atoms with Crippen LogP contribution in [0.2, 0.25) is 0 Å². The van der Waals surface area contributed by atoms with Crippen molar-refractivity contribution in [2.75, 3.05) is 13.6 Å². The molecule has 2 aliphatic heterocycles. The molecule has 0 bridgehead atoms. The first kappa shape index (κ1) is 17.3. The molecule has 0 fully saturated rings. The van der Waals surface area contributed by atoms with Crippen LogP contribution in [-0.4, -0.2) is 28.7 Å². The fourth-order valence-electron chi connectivity index (χ4n) is 3.37. The number of thiazole rings is 1. The molecule has 0 saturated carbocycles. The molecule has 0 N–H and O–H groups in total. The summed E-state index contributed by atoms with van der Waals surface area (Å²) in [6.45, 7) is 0.515. The molecule has 4 heterocycles. The number of hydrogen-bond acceptors (Lipinski definition) is 9. The highest BCUT2D eigenvalue weighted by atomic mass is 32.1. The van der Waals surface area contributed by atoms with Gasteiger partial charge >= 0.3 is 0 Å². The van der Waals surface area contributed by atoms with Gasteiger partial charge < -0.3 is 23.5 Å². The maximum Gasteiger partial charge on any atom is 0.232 e. The molecule has 30 heavy (non-hydrogen) atoms. The zero-order chi connectivity index (χ0) is 19.9. The maximum atomic E-state index is 5.45. The average molecular weight is 421 g/mol. The minimum absolute atomic E-state index is 0.257. The number of nitrogens with zero attached hydrogens (tertiary/aromatic N) is 3. The Bertz CT molecular complexity index is 1240. The molecule has 9 heteroatoms. The van der Waals surface area contributed by atoms with Gasteiger partial charge in [0, 0.05) is 17.4 Å². The van der Waals surface area contributed by atoms with Gasteiger partial charge in [-0.15, -0.1) is 11.3 Å². The van der Waals surface area contributed by atoms with Crippen molar-refractivity contribution in [1.29, 1.82) is 0 Å². The first-order valence-electron chi connectivity index (χ1n) is 9.34. The average Bonchev–Trinajstić information content (AvgIpc) is 3.55. The van der Waals surface area contributed by atoms with Crippen LogP contribution in [-0.2, 0) is 12.8 Å². The predicted octanol–water partition coefficient (Wildman–Crippen LogP) is 3.83. The first-order valence-corrected chi connectivity index (χ1v) is 10.2. The topological polar surface area (TPSA) is 88.7 Å². The summed E-state index contributed by atoms with van der Waals surface area (Å²) >= 11 is 1.57. The van der Waals surface area contributed by atoms with Crippen LogP contribution in [0.5, 0.6) is 23.0 Å². The molecule has 6 rings (SSSR count). The third-order valence-corrected chi connectivity index (χ3v) is 5.75. The third kappa shape index (κ3) is 3.22. The molecule has 4 aromatic rings. The molecule has 0 atom stereocenters. The van der Waals surface area contributed by atoms with Crippen molar-refractivity contribution < 1.29 is 23.5 Å². The van der Waals surface area contributed by atoms with E-state index in [0.29, 0.717) is 24.6 Å². The second kappa shape index (κ2) is 7.03. The van der Waals surface area contributed by atoms with E-state index in [2.05, 4.69) is 10.1 Å². The van der Waals surface area contributed by atoms with Crippen molar-refractivity contribution in [2.24, 2.45) is 0 Å². The molecule has 0 aliphatic carbocycles. The molecule has 0 amide bonds. The summed E-state index contributed by atoms with van der Waals surface area (Å²) in [6, 6.07) is 11.6. The van der Waals surface area contributed by atoms with Gasteiger partial charge in [0.1, 0.15) is 5.01 Å².